The van der Waals surface area contributed by atoms with Crippen molar-refractivity contribution in [3.63, 3.8) is 0 Å². The monoisotopic (exact) mass is 231 g/mol. The van der Waals surface area contributed by atoms with Gasteiger partial charge in [0, 0.05) is 5.56 Å². The second-order valence-corrected chi connectivity index (χ2v) is 3.38. The largest absolute Gasteiger partial charge is 0.360 e. The lowest BCUT2D eigenvalue weighted by Crippen LogP contribution is -1.95. The molecule has 17 heavy (non-hydrogen) atoms. The smallest absolute Gasteiger partial charge is 0.165 e. The number of Topliss-reactive ketones (excluding diaryl/α,β-unsaturated/α-hetero) is 1. The first kappa shape index (κ1) is 13.2. The third-order valence-electron chi connectivity index (χ3n) is 2.26. The summed E-state index contributed by atoms with van der Waals surface area (Å²) in [5.74, 6) is 0.550. The number of hydrogen-bond acceptors (Lipinski definition) is 3. The maximum Gasteiger partial charge on any atom is 0.165 e. The highest BCUT2D eigenvalue weighted by Crippen LogP contribution is 2.24. The van der Waals surface area contributed by atoms with Gasteiger partial charge in [-0.25, -0.2) is 0 Å². The standard InChI is InChI=1S/C12H11NO2.C2H6/c1-8(14)11-9(2)15-13-12(11)10-6-4-3-5-7-10;1-2/h3-7H,1-2H3;1-2H3. The van der Waals surface area contributed by atoms with Gasteiger partial charge in [-0.05, 0) is 13.8 Å². The molecule has 90 valence electrons. The number of rotatable bonds is 2. The van der Waals surface area contributed by atoms with Crippen molar-refractivity contribution in [2.45, 2.75) is 27.7 Å². The normalized spacial score (nSPS) is 9.41. The molecule has 0 aliphatic rings. The lowest BCUT2D eigenvalue weighted by Gasteiger charge is -1.97. The van der Waals surface area contributed by atoms with Gasteiger partial charge in [0.15, 0.2) is 5.78 Å². The first-order chi connectivity index (χ1) is 8.20. The molecule has 0 aliphatic carbocycles. The Morgan fingerprint density at radius 2 is 1.76 bits per heavy atom. The van der Waals surface area contributed by atoms with Crippen LogP contribution in [0.4, 0.5) is 0 Å². The van der Waals surface area contributed by atoms with Crippen LogP contribution in [0.2, 0.25) is 0 Å². The van der Waals surface area contributed by atoms with Gasteiger partial charge in [0.25, 0.3) is 0 Å². The fourth-order valence-electron chi connectivity index (χ4n) is 1.58. The van der Waals surface area contributed by atoms with Crippen molar-refractivity contribution < 1.29 is 9.32 Å². The third-order valence-corrected chi connectivity index (χ3v) is 2.26. The number of nitrogens with zero attached hydrogens (tertiary/aromatic N) is 1. The van der Waals surface area contributed by atoms with E-state index in [1.165, 1.54) is 6.92 Å². The third kappa shape index (κ3) is 2.81. The molecule has 0 radical (unpaired) electrons. The van der Waals surface area contributed by atoms with Crippen molar-refractivity contribution in [2.75, 3.05) is 0 Å². The molecule has 0 amide bonds. The van der Waals surface area contributed by atoms with E-state index >= 15 is 0 Å². The minimum absolute atomic E-state index is 0.0207. The van der Waals surface area contributed by atoms with Crippen LogP contribution < -0.4 is 0 Å². The highest BCUT2D eigenvalue weighted by molar-refractivity contribution is 6.00. The molecule has 0 fully saturated rings. The Kier molecular flexibility index (Phi) is 4.64. The topological polar surface area (TPSA) is 43.1 Å². The van der Waals surface area contributed by atoms with Crippen molar-refractivity contribution in [1.29, 1.82) is 0 Å². The molecule has 3 nitrogen and oxygen atoms in total. The van der Waals surface area contributed by atoms with Crippen LogP contribution in [-0.2, 0) is 0 Å². The molecule has 0 saturated heterocycles. The predicted molar refractivity (Wildman–Crippen MR) is 68.0 cm³/mol. The summed E-state index contributed by atoms with van der Waals surface area (Å²) in [5.41, 5.74) is 2.10. The zero-order valence-electron chi connectivity index (χ0n) is 10.7. The summed E-state index contributed by atoms with van der Waals surface area (Å²) in [4.78, 5) is 11.4. The van der Waals surface area contributed by atoms with Crippen LogP contribution >= 0.6 is 0 Å². The molecule has 0 atom stereocenters. The average molecular weight is 231 g/mol. The van der Waals surface area contributed by atoms with Gasteiger partial charge in [0.1, 0.15) is 11.5 Å². The van der Waals surface area contributed by atoms with Gasteiger partial charge in [0.05, 0.1) is 5.56 Å². The maximum atomic E-state index is 11.4. The molecule has 1 aromatic carbocycles. The van der Waals surface area contributed by atoms with Gasteiger partial charge in [-0.3, -0.25) is 4.79 Å². The van der Waals surface area contributed by atoms with E-state index in [1.807, 2.05) is 44.2 Å². The van der Waals surface area contributed by atoms with Crippen LogP contribution in [0.15, 0.2) is 34.9 Å². The number of ketones is 1. The number of carbonyl (C=O) groups is 1. The Morgan fingerprint density at radius 3 is 2.29 bits per heavy atom. The number of hydrogen-bond donors (Lipinski definition) is 0. The van der Waals surface area contributed by atoms with Crippen molar-refractivity contribution in [3.8, 4) is 11.3 Å². The lowest BCUT2D eigenvalue weighted by atomic mass is 10.0. The van der Waals surface area contributed by atoms with Crippen LogP contribution in [0, 0.1) is 6.92 Å². The van der Waals surface area contributed by atoms with Crippen LogP contribution in [-0.4, -0.2) is 10.9 Å². The summed E-state index contributed by atoms with van der Waals surface area (Å²) in [7, 11) is 0. The quantitative estimate of drug-likeness (QED) is 0.737. The molecule has 3 heteroatoms. The molecule has 0 aliphatic heterocycles. The van der Waals surface area contributed by atoms with E-state index in [4.69, 9.17) is 4.52 Å². The van der Waals surface area contributed by atoms with E-state index in [0.717, 1.165) is 5.56 Å². The summed E-state index contributed by atoms with van der Waals surface area (Å²) >= 11 is 0. The van der Waals surface area contributed by atoms with Gasteiger partial charge in [-0.1, -0.05) is 49.3 Å². The molecule has 0 unspecified atom stereocenters. The Hall–Kier alpha value is -1.90. The molecular formula is C14H17NO2. The van der Waals surface area contributed by atoms with Crippen LogP contribution in [0.1, 0.15) is 36.9 Å². The van der Waals surface area contributed by atoms with Crippen molar-refractivity contribution >= 4 is 5.78 Å². The van der Waals surface area contributed by atoms with Crippen LogP contribution in [0.25, 0.3) is 11.3 Å². The second kappa shape index (κ2) is 5.99. The van der Waals surface area contributed by atoms with E-state index in [-0.39, 0.29) is 5.78 Å². The van der Waals surface area contributed by atoms with Gasteiger partial charge in [0.2, 0.25) is 0 Å². The second-order valence-electron chi connectivity index (χ2n) is 3.38. The summed E-state index contributed by atoms with van der Waals surface area (Å²) in [6, 6.07) is 9.55. The zero-order chi connectivity index (χ0) is 12.8. The molecule has 2 aromatic rings. The molecular weight excluding hydrogens is 214 g/mol. The van der Waals surface area contributed by atoms with E-state index < -0.39 is 0 Å². The van der Waals surface area contributed by atoms with E-state index in [2.05, 4.69) is 5.16 Å². The van der Waals surface area contributed by atoms with Gasteiger partial charge >= 0.3 is 0 Å². The van der Waals surface area contributed by atoms with Crippen molar-refractivity contribution in [1.82, 2.24) is 5.16 Å². The highest BCUT2D eigenvalue weighted by atomic mass is 16.5. The van der Waals surface area contributed by atoms with Crippen molar-refractivity contribution in [2.24, 2.45) is 0 Å². The predicted octanol–water partition coefficient (Wildman–Crippen LogP) is 3.88. The molecule has 0 bridgehead atoms. The van der Waals surface area contributed by atoms with Crippen molar-refractivity contribution in [3.05, 3.63) is 41.7 Å². The van der Waals surface area contributed by atoms with Gasteiger partial charge in [-0.2, -0.15) is 0 Å². The SMILES string of the molecule is CC.CC(=O)c1c(-c2ccccc2)noc1C. The first-order valence-corrected chi connectivity index (χ1v) is 5.73. The maximum absolute atomic E-state index is 11.4. The molecule has 0 N–H and O–H groups in total. The van der Waals surface area contributed by atoms with E-state index in [1.54, 1.807) is 6.92 Å². The Labute approximate surface area is 101 Å². The Bertz CT molecular complexity index is 486. The summed E-state index contributed by atoms with van der Waals surface area (Å²) in [6.07, 6.45) is 0. The molecule has 0 saturated carbocycles. The molecule has 1 heterocycles. The highest BCUT2D eigenvalue weighted by Gasteiger charge is 2.17. The van der Waals surface area contributed by atoms with E-state index in [9.17, 15) is 4.79 Å². The Morgan fingerprint density at radius 1 is 1.18 bits per heavy atom. The van der Waals surface area contributed by atoms with E-state index in [0.29, 0.717) is 17.0 Å². The van der Waals surface area contributed by atoms with Gasteiger partial charge < -0.3 is 4.52 Å². The van der Waals surface area contributed by atoms with Gasteiger partial charge in [-0.15, -0.1) is 0 Å². The lowest BCUT2D eigenvalue weighted by molar-refractivity contribution is 0.101. The first-order valence-electron chi connectivity index (χ1n) is 5.73. The number of carbonyl (C=O) groups excluding carboxylic acids is 1. The Balaban J connectivity index is 0.000000686. The number of aromatic nitrogens is 1. The number of aryl methyl sites for hydroxylation is 1. The summed E-state index contributed by atoms with van der Waals surface area (Å²) in [5, 5.41) is 3.91. The average Bonchev–Trinajstić information content (AvgIpc) is 2.75. The molecule has 1 aromatic heterocycles. The number of benzene rings is 1. The summed E-state index contributed by atoms with van der Waals surface area (Å²) < 4.78 is 5.04. The molecule has 0 spiro atoms. The van der Waals surface area contributed by atoms with Crippen LogP contribution in [0.5, 0.6) is 0 Å². The molecule has 2 rings (SSSR count). The zero-order valence-corrected chi connectivity index (χ0v) is 10.7. The fourth-order valence-corrected chi connectivity index (χ4v) is 1.58. The minimum Gasteiger partial charge on any atom is -0.360 e. The summed E-state index contributed by atoms with van der Waals surface area (Å²) in [6.45, 7) is 7.27. The fraction of sp³-hybridized carbons (Fsp3) is 0.286. The minimum atomic E-state index is -0.0207. The van der Waals surface area contributed by atoms with Crippen LogP contribution in [0.3, 0.4) is 0 Å².